The van der Waals surface area contributed by atoms with Crippen LogP contribution in [0.3, 0.4) is 0 Å². The predicted octanol–water partition coefficient (Wildman–Crippen LogP) is 3.52. The Morgan fingerprint density at radius 1 is 1.30 bits per heavy atom. The van der Waals surface area contributed by atoms with Crippen LogP contribution in [0.1, 0.15) is 43.0 Å². The fraction of sp³-hybridized carbons (Fsp3) is 0.562. The molecule has 4 heteroatoms. The standard InChI is InChI=1S/C16H19F2NO/c1-9(14-7-10-2-3-11(14)6-10)19-16(20)13-5-4-12(17)8-15(13)18/h4-5,8-11,14H,2-3,6-7H2,1H3,(H,19,20)/t9-,10+,11-,14+/m1/s1. The van der Waals surface area contributed by atoms with E-state index >= 15 is 0 Å². The lowest BCUT2D eigenvalue weighted by Gasteiger charge is -2.28. The monoisotopic (exact) mass is 279 g/mol. The lowest BCUT2D eigenvalue weighted by Crippen LogP contribution is -2.40. The number of carbonyl (C=O) groups excluding carboxylic acids is 1. The number of halogens is 2. The number of benzene rings is 1. The number of carbonyl (C=O) groups is 1. The van der Waals surface area contributed by atoms with Gasteiger partial charge in [0.05, 0.1) is 5.56 Å². The summed E-state index contributed by atoms with van der Waals surface area (Å²) < 4.78 is 26.4. The molecule has 2 aliphatic rings. The second kappa shape index (κ2) is 5.15. The summed E-state index contributed by atoms with van der Waals surface area (Å²) in [4.78, 5) is 12.1. The molecule has 0 aromatic heterocycles. The highest BCUT2D eigenvalue weighted by atomic mass is 19.1. The lowest BCUT2D eigenvalue weighted by molar-refractivity contribution is 0.0911. The molecular weight excluding hydrogens is 260 g/mol. The summed E-state index contributed by atoms with van der Waals surface area (Å²) in [5, 5.41) is 2.88. The van der Waals surface area contributed by atoms with Crippen molar-refractivity contribution in [2.75, 3.05) is 0 Å². The number of fused-ring (bicyclic) bond motifs is 2. The molecule has 2 bridgehead atoms. The lowest BCUT2D eigenvalue weighted by atomic mass is 9.84. The summed E-state index contributed by atoms with van der Waals surface area (Å²) in [7, 11) is 0. The molecule has 1 aromatic carbocycles. The molecule has 0 aliphatic heterocycles. The van der Waals surface area contributed by atoms with Crippen molar-refractivity contribution < 1.29 is 13.6 Å². The van der Waals surface area contributed by atoms with Crippen molar-refractivity contribution in [2.24, 2.45) is 17.8 Å². The van der Waals surface area contributed by atoms with E-state index in [0.717, 1.165) is 24.5 Å². The van der Waals surface area contributed by atoms with Gasteiger partial charge in [-0.3, -0.25) is 4.79 Å². The third-order valence-corrected chi connectivity index (χ3v) is 4.97. The van der Waals surface area contributed by atoms with Crippen LogP contribution >= 0.6 is 0 Å². The number of hydrogen-bond acceptors (Lipinski definition) is 1. The van der Waals surface area contributed by atoms with E-state index in [1.165, 1.54) is 25.3 Å². The van der Waals surface area contributed by atoms with Crippen LogP contribution in [0.2, 0.25) is 0 Å². The Labute approximate surface area is 117 Å². The molecule has 0 radical (unpaired) electrons. The zero-order chi connectivity index (χ0) is 14.3. The van der Waals surface area contributed by atoms with E-state index in [1.54, 1.807) is 0 Å². The van der Waals surface area contributed by atoms with Crippen molar-refractivity contribution in [1.29, 1.82) is 0 Å². The number of nitrogens with one attached hydrogen (secondary N) is 1. The Morgan fingerprint density at radius 3 is 2.70 bits per heavy atom. The smallest absolute Gasteiger partial charge is 0.254 e. The summed E-state index contributed by atoms with van der Waals surface area (Å²) in [5.41, 5.74) is -0.0820. The second-order valence-electron chi connectivity index (χ2n) is 6.23. The highest BCUT2D eigenvalue weighted by Gasteiger charge is 2.42. The molecule has 0 heterocycles. The Balaban J connectivity index is 1.66. The van der Waals surface area contributed by atoms with Crippen molar-refractivity contribution >= 4 is 5.91 Å². The van der Waals surface area contributed by atoms with E-state index in [9.17, 15) is 13.6 Å². The van der Waals surface area contributed by atoms with Crippen molar-refractivity contribution in [3.8, 4) is 0 Å². The van der Waals surface area contributed by atoms with Gasteiger partial charge in [-0.25, -0.2) is 8.78 Å². The summed E-state index contributed by atoms with van der Waals surface area (Å²) in [6.45, 7) is 1.99. The molecule has 0 saturated heterocycles. The minimum atomic E-state index is -0.803. The second-order valence-corrected chi connectivity index (χ2v) is 6.23. The maximum Gasteiger partial charge on any atom is 0.254 e. The SMILES string of the molecule is C[C@@H](NC(=O)c1ccc(F)cc1F)[C@@H]1C[C@H]2CC[C@@H]1C2. The Morgan fingerprint density at radius 2 is 2.10 bits per heavy atom. The summed E-state index contributed by atoms with van der Waals surface area (Å²) in [6, 6.07) is 3.10. The Hall–Kier alpha value is -1.45. The van der Waals surface area contributed by atoms with E-state index in [2.05, 4.69) is 5.32 Å². The normalized spacial score (nSPS) is 29.4. The maximum absolute atomic E-state index is 13.6. The van der Waals surface area contributed by atoms with E-state index in [1.807, 2.05) is 6.92 Å². The molecule has 20 heavy (non-hydrogen) atoms. The van der Waals surface area contributed by atoms with Crippen LogP contribution in [-0.4, -0.2) is 11.9 Å². The molecule has 0 unspecified atom stereocenters. The van der Waals surface area contributed by atoms with Gasteiger partial charge in [-0.2, -0.15) is 0 Å². The zero-order valence-electron chi connectivity index (χ0n) is 11.5. The molecule has 1 N–H and O–H groups in total. The predicted molar refractivity (Wildman–Crippen MR) is 72.2 cm³/mol. The largest absolute Gasteiger partial charge is 0.349 e. The first-order chi connectivity index (χ1) is 9.54. The van der Waals surface area contributed by atoms with Crippen molar-refractivity contribution in [3.63, 3.8) is 0 Å². The molecule has 2 saturated carbocycles. The van der Waals surface area contributed by atoms with Gasteiger partial charge in [0.25, 0.3) is 5.91 Å². The van der Waals surface area contributed by atoms with Crippen LogP contribution < -0.4 is 5.32 Å². The topological polar surface area (TPSA) is 29.1 Å². The van der Waals surface area contributed by atoms with E-state index < -0.39 is 17.5 Å². The average molecular weight is 279 g/mol. The van der Waals surface area contributed by atoms with Gasteiger partial charge in [0, 0.05) is 12.1 Å². The number of hydrogen-bond donors (Lipinski definition) is 1. The van der Waals surface area contributed by atoms with Gasteiger partial charge in [-0.05, 0) is 56.1 Å². The highest BCUT2D eigenvalue weighted by Crippen LogP contribution is 2.49. The van der Waals surface area contributed by atoms with Gasteiger partial charge in [0.15, 0.2) is 0 Å². The van der Waals surface area contributed by atoms with Gasteiger partial charge in [0.2, 0.25) is 0 Å². The summed E-state index contributed by atoms with van der Waals surface area (Å²) in [5.74, 6) is 0.0992. The Bertz CT molecular complexity index is 531. The van der Waals surface area contributed by atoms with Crippen LogP contribution in [0.15, 0.2) is 18.2 Å². The minimum absolute atomic E-state index is 0.0438. The molecule has 2 aliphatic carbocycles. The van der Waals surface area contributed by atoms with Gasteiger partial charge in [-0.15, -0.1) is 0 Å². The molecule has 108 valence electrons. The van der Waals surface area contributed by atoms with Crippen LogP contribution in [-0.2, 0) is 0 Å². The van der Waals surface area contributed by atoms with Crippen LogP contribution in [0.4, 0.5) is 8.78 Å². The first-order valence-electron chi connectivity index (χ1n) is 7.30. The molecule has 0 spiro atoms. The fourth-order valence-electron chi connectivity index (χ4n) is 3.97. The molecule has 3 rings (SSSR count). The van der Waals surface area contributed by atoms with Crippen molar-refractivity contribution in [1.82, 2.24) is 5.32 Å². The van der Waals surface area contributed by atoms with Gasteiger partial charge < -0.3 is 5.32 Å². The molecule has 4 atom stereocenters. The van der Waals surface area contributed by atoms with Crippen LogP contribution in [0, 0.1) is 29.4 Å². The summed E-state index contributed by atoms with van der Waals surface area (Å²) >= 11 is 0. The average Bonchev–Trinajstić information content (AvgIpc) is 3.00. The molecule has 2 fully saturated rings. The molecule has 1 aromatic rings. The highest BCUT2D eigenvalue weighted by molar-refractivity contribution is 5.94. The van der Waals surface area contributed by atoms with E-state index in [4.69, 9.17) is 0 Å². The van der Waals surface area contributed by atoms with E-state index in [-0.39, 0.29) is 11.6 Å². The summed E-state index contributed by atoms with van der Waals surface area (Å²) in [6.07, 6.45) is 5.00. The first-order valence-corrected chi connectivity index (χ1v) is 7.30. The fourth-order valence-corrected chi connectivity index (χ4v) is 3.97. The van der Waals surface area contributed by atoms with Gasteiger partial charge >= 0.3 is 0 Å². The van der Waals surface area contributed by atoms with Crippen molar-refractivity contribution in [3.05, 3.63) is 35.4 Å². The van der Waals surface area contributed by atoms with Gasteiger partial charge in [0.1, 0.15) is 11.6 Å². The minimum Gasteiger partial charge on any atom is -0.349 e. The molecule has 1 amide bonds. The van der Waals surface area contributed by atoms with Crippen LogP contribution in [0.5, 0.6) is 0 Å². The van der Waals surface area contributed by atoms with Crippen molar-refractivity contribution in [2.45, 2.75) is 38.6 Å². The zero-order valence-corrected chi connectivity index (χ0v) is 11.5. The number of amides is 1. The Kier molecular flexibility index (Phi) is 3.48. The number of rotatable bonds is 3. The third-order valence-electron chi connectivity index (χ3n) is 4.97. The first kappa shape index (κ1) is 13.5. The maximum atomic E-state index is 13.6. The van der Waals surface area contributed by atoms with E-state index in [0.29, 0.717) is 11.8 Å². The molecule has 2 nitrogen and oxygen atoms in total. The quantitative estimate of drug-likeness (QED) is 0.901. The van der Waals surface area contributed by atoms with Gasteiger partial charge in [-0.1, -0.05) is 6.42 Å². The third kappa shape index (κ3) is 2.43. The van der Waals surface area contributed by atoms with Crippen LogP contribution in [0.25, 0.3) is 0 Å². The molecular formula is C16H19F2NO.